The van der Waals surface area contributed by atoms with E-state index in [9.17, 15) is 9.59 Å². The first-order valence-electron chi connectivity index (χ1n) is 11.4. The lowest BCUT2D eigenvalue weighted by Crippen LogP contribution is -2.42. The molecule has 4 rings (SSSR count). The quantitative estimate of drug-likeness (QED) is 0.580. The van der Waals surface area contributed by atoms with Crippen LogP contribution in [0.4, 0.5) is 0 Å². The maximum Gasteiger partial charge on any atom is 0.265 e. The predicted molar refractivity (Wildman–Crippen MR) is 131 cm³/mol. The molecular weight excluding hydrogens is 432 g/mol. The summed E-state index contributed by atoms with van der Waals surface area (Å²) in [5.74, 6) is 0.272. The van der Waals surface area contributed by atoms with Gasteiger partial charge in [-0.1, -0.05) is 42.8 Å². The molecule has 1 N–H and O–H groups in total. The molecule has 2 amide bonds. The van der Waals surface area contributed by atoms with Crippen molar-refractivity contribution in [3.8, 4) is 10.6 Å². The molecule has 172 valence electrons. The molecule has 1 atom stereocenters. The molecule has 1 aliphatic rings. The molecule has 1 fully saturated rings. The van der Waals surface area contributed by atoms with Crippen molar-refractivity contribution < 1.29 is 9.59 Å². The Morgan fingerprint density at radius 3 is 2.52 bits per heavy atom. The fourth-order valence-corrected chi connectivity index (χ4v) is 5.26. The number of carbonyl (C=O) groups is 2. The third-order valence-corrected chi connectivity index (χ3v) is 7.60. The fourth-order valence-electron chi connectivity index (χ4n) is 4.22. The number of benzene rings is 1. The van der Waals surface area contributed by atoms with Crippen molar-refractivity contribution in [2.75, 3.05) is 13.1 Å². The minimum absolute atomic E-state index is 0.0477. The van der Waals surface area contributed by atoms with Gasteiger partial charge in [-0.2, -0.15) is 0 Å². The highest BCUT2D eigenvalue weighted by Gasteiger charge is 2.31. The number of rotatable bonds is 6. The molecule has 0 radical (unpaired) electrons. The van der Waals surface area contributed by atoms with Gasteiger partial charge in [0.15, 0.2) is 0 Å². The summed E-state index contributed by atoms with van der Waals surface area (Å²) < 4.78 is 0. The number of pyridine rings is 1. The second-order valence-electron chi connectivity index (χ2n) is 8.76. The summed E-state index contributed by atoms with van der Waals surface area (Å²) in [6.07, 6.45) is 3.38. The minimum atomic E-state index is -0.0933. The maximum atomic E-state index is 13.2. The van der Waals surface area contributed by atoms with Gasteiger partial charge in [-0.3, -0.25) is 14.6 Å². The van der Waals surface area contributed by atoms with Crippen molar-refractivity contribution >= 4 is 23.2 Å². The zero-order valence-corrected chi connectivity index (χ0v) is 20.2. The summed E-state index contributed by atoms with van der Waals surface area (Å²) in [5.41, 5.74) is 3.87. The summed E-state index contributed by atoms with van der Waals surface area (Å²) in [6, 6.07) is 13.9. The number of piperidine rings is 1. The van der Waals surface area contributed by atoms with Crippen LogP contribution in [0.3, 0.4) is 0 Å². The molecule has 1 aliphatic heterocycles. The van der Waals surface area contributed by atoms with E-state index in [0.29, 0.717) is 24.5 Å². The zero-order valence-electron chi connectivity index (χ0n) is 19.4. The van der Waals surface area contributed by atoms with E-state index in [2.05, 4.69) is 34.3 Å². The fraction of sp³-hybridized carbons (Fsp3) is 0.385. The van der Waals surface area contributed by atoms with Gasteiger partial charge in [0.2, 0.25) is 5.91 Å². The summed E-state index contributed by atoms with van der Waals surface area (Å²) in [6.45, 7) is 7.71. The van der Waals surface area contributed by atoms with E-state index in [1.54, 1.807) is 6.20 Å². The predicted octanol–water partition coefficient (Wildman–Crippen LogP) is 4.63. The number of aromatic nitrogens is 2. The SMILES string of the molecule is Cc1ccc(-c2nc(C)c(C(=O)N3CCC([C@H](C)C(=O)NCc4ccccn4)CC3)s2)cc1. The number of nitrogens with one attached hydrogen (secondary N) is 1. The number of amides is 2. The van der Waals surface area contributed by atoms with Crippen molar-refractivity contribution in [2.45, 2.75) is 40.2 Å². The van der Waals surface area contributed by atoms with Gasteiger partial charge in [0.05, 0.1) is 17.9 Å². The minimum Gasteiger partial charge on any atom is -0.350 e. The topological polar surface area (TPSA) is 75.2 Å². The number of likely N-dealkylation sites (tertiary alicyclic amines) is 1. The van der Waals surface area contributed by atoms with Gasteiger partial charge < -0.3 is 10.2 Å². The van der Waals surface area contributed by atoms with Crippen LogP contribution in [0.2, 0.25) is 0 Å². The Bertz CT molecular complexity index is 1100. The van der Waals surface area contributed by atoms with Crippen molar-refractivity contribution in [2.24, 2.45) is 11.8 Å². The number of thiazole rings is 1. The molecule has 0 saturated carbocycles. The van der Waals surface area contributed by atoms with Gasteiger partial charge >= 0.3 is 0 Å². The molecule has 0 unspecified atom stereocenters. The van der Waals surface area contributed by atoms with Crippen LogP contribution in [0.5, 0.6) is 0 Å². The van der Waals surface area contributed by atoms with Crippen molar-refractivity contribution in [1.29, 1.82) is 0 Å². The normalized spacial score (nSPS) is 15.3. The Morgan fingerprint density at radius 2 is 1.85 bits per heavy atom. The molecule has 3 aromatic rings. The molecule has 33 heavy (non-hydrogen) atoms. The van der Waals surface area contributed by atoms with Crippen LogP contribution in [0.25, 0.3) is 10.6 Å². The first-order chi connectivity index (χ1) is 15.9. The molecule has 1 saturated heterocycles. The number of nitrogens with zero attached hydrogens (tertiary/aromatic N) is 3. The second-order valence-corrected chi connectivity index (χ2v) is 9.76. The highest BCUT2D eigenvalue weighted by atomic mass is 32.1. The molecule has 0 spiro atoms. The number of hydrogen-bond acceptors (Lipinski definition) is 5. The largest absolute Gasteiger partial charge is 0.350 e. The van der Waals surface area contributed by atoms with Crippen molar-refractivity contribution in [1.82, 2.24) is 20.2 Å². The summed E-state index contributed by atoms with van der Waals surface area (Å²) in [7, 11) is 0. The van der Waals surface area contributed by atoms with Crippen LogP contribution in [-0.2, 0) is 11.3 Å². The molecule has 0 bridgehead atoms. The monoisotopic (exact) mass is 462 g/mol. The average molecular weight is 463 g/mol. The van der Waals surface area contributed by atoms with Gasteiger partial charge in [0.25, 0.3) is 5.91 Å². The molecule has 1 aromatic carbocycles. The number of carbonyl (C=O) groups excluding carboxylic acids is 2. The summed E-state index contributed by atoms with van der Waals surface area (Å²) >= 11 is 1.46. The highest BCUT2D eigenvalue weighted by molar-refractivity contribution is 7.17. The summed E-state index contributed by atoms with van der Waals surface area (Å²) in [5, 5.41) is 3.88. The van der Waals surface area contributed by atoms with E-state index >= 15 is 0 Å². The number of hydrogen-bond donors (Lipinski definition) is 1. The lowest BCUT2D eigenvalue weighted by Gasteiger charge is -2.34. The average Bonchev–Trinajstić information content (AvgIpc) is 3.24. The van der Waals surface area contributed by atoms with E-state index in [0.717, 1.165) is 34.8 Å². The first-order valence-corrected chi connectivity index (χ1v) is 12.3. The van der Waals surface area contributed by atoms with Crippen LogP contribution in [-0.4, -0.2) is 39.8 Å². The Labute approximate surface area is 199 Å². The van der Waals surface area contributed by atoms with Gasteiger partial charge in [-0.15, -0.1) is 11.3 Å². The molecule has 0 aliphatic carbocycles. The zero-order chi connectivity index (χ0) is 23.4. The molecule has 6 nitrogen and oxygen atoms in total. The summed E-state index contributed by atoms with van der Waals surface area (Å²) in [4.78, 5) is 37.4. The Balaban J connectivity index is 1.32. The lowest BCUT2D eigenvalue weighted by molar-refractivity contribution is -0.126. The Hall–Kier alpha value is -3.06. The van der Waals surface area contributed by atoms with E-state index in [1.807, 2.05) is 49.1 Å². The molecule has 3 heterocycles. The van der Waals surface area contributed by atoms with E-state index in [4.69, 9.17) is 0 Å². The second kappa shape index (κ2) is 10.3. The van der Waals surface area contributed by atoms with Crippen LogP contribution in [0, 0.1) is 25.7 Å². The smallest absolute Gasteiger partial charge is 0.265 e. The molecular formula is C26H30N4O2S. The van der Waals surface area contributed by atoms with E-state index < -0.39 is 0 Å². The van der Waals surface area contributed by atoms with Crippen molar-refractivity contribution in [3.05, 3.63) is 70.5 Å². The Morgan fingerprint density at radius 1 is 1.12 bits per heavy atom. The van der Waals surface area contributed by atoms with Crippen LogP contribution < -0.4 is 5.32 Å². The van der Waals surface area contributed by atoms with Crippen LogP contribution in [0.1, 0.15) is 46.4 Å². The van der Waals surface area contributed by atoms with Gasteiger partial charge in [0, 0.05) is 30.8 Å². The number of aryl methyl sites for hydroxylation is 2. The van der Waals surface area contributed by atoms with E-state index in [1.165, 1.54) is 16.9 Å². The standard InChI is InChI=1S/C26H30N4O2S/c1-17-7-9-21(10-8-17)25-29-19(3)23(33-25)26(32)30-14-11-20(12-15-30)18(2)24(31)28-16-22-6-4-5-13-27-22/h4-10,13,18,20H,11-12,14-16H2,1-3H3,(H,28,31)/t18-/m0/s1. The van der Waals surface area contributed by atoms with Crippen molar-refractivity contribution in [3.63, 3.8) is 0 Å². The van der Waals surface area contributed by atoms with Gasteiger partial charge in [-0.05, 0) is 44.7 Å². The molecule has 2 aromatic heterocycles. The van der Waals surface area contributed by atoms with Crippen LogP contribution in [0.15, 0.2) is 48.7 Å². The van der Waals surface area contributed by atoms with Crippen LogP contribution >= 0.6 is 11.3 Å². The highest BCUT2D eigenvalue weighted by Crippen LogP contribution is 2.31. The third-order valence-electron chi connectivity index (χ3n) is 6.41. The third kappa shape index (κ3) is 5.47. The van der Waals surface area contributed by atoms with E-state index in [-0.39, 0.29) is 23.7 Å². The van der Waals surface area contributed by atoms with Gasteiger partial charge in [0.1, 0.15) is 9.88 Å². The Kier molecular flexibility index (Phi) is 7.18. The van der Waals surface area contributed by atoms with Gasteiger partial charge in [-0.25, -0.2) is 4.98 Å². The maximum absolute atomic E-state index is 13.2. The molecule has 7 heteroatoms. The lowest BCUT2D eigenvalue weighted by atomic mass is 9.84. The first kappa shape index (κ1) is 23.1.